The molecule has 1 atom stereocenters. The van der Waals surface area contributed by atoms with Gasteiger partial charge in [0.1, 0.15) is 5.82 Å². The second-order valence-corrected chi connectivity index (χ2v) is 4.35. The second kappa shape index (κ2) is 5.65. The lowest BCUT2D eigenvalue weighted by atomic mass is 10.1. The van der Waals surface area contributed by atoms with E-state index in [4.69, 9.17) is 0 Å². The minimum Gasteiger partial charge on any atom is -0.388 e. The molecular formula is C15H18N2O. The Morgan fingerprint density at radius 3 is 2.61 bits per heavy atom. The first-order valence-electron chi connectivity index (χ1n) is 6.17. The number of aryl methyl sites for hydroxylation is 1. The van der Waals surface area contributed by atoms with Crippen molar-refractivity contribution in [3.63, 3.8) is 0 Å². The highest BCUT2D eigenvalue weighted by Crippen LogP contribution is 2.22. The lowest BCUT2D eigenvalue weighted by Gasteiger charge is -2.12. The van der Waals surface area contributed by atoms with Gasteiger partial charge in [-0.15, -0.1) is 0 Å². The molecule has 1 aromatic carbocycles. The number of hydrogen-bond donors (Lipinski definition) is 2. The van der Waals surface area contributed by atoms with Crippen LogP contribution in [-0.4, -0.2) is 10.1 Å². The highest BCUT2D eigenvalue weighted by atomic mass is 16.3. The lowest BCUT2D eigenvalue weighted by Crippen LogP contribution is -2.01. The van der Waals surface area contributed by atoms with E-state index in [2.05, 4.69) is 10.3 Å². The highest BCUT2D eigenvalue weighted by molar-refractivity contribution is 5.59. The molecule has 3 nitrogen and oxygen atoms in total. The van der Waals surface area contributed by atoms with Gasteiger partial charge in [0, 0.05) is 11.9 Å². The van der Waals surface area contributed by atoms with Gasteiger partial charge in [0.05, 0.1) is 6.10 Å². The summed E-state index contributed by atoms with van der Waals surface area (Å²) < 4.78 is 0. The Hall–Kier alpha value is -1.87. The topological polar surface area (TPSA) is 45.2 Å². The van der Waals surface area contributed by atoms with Crippen LogP contribution in [0, 0.1) is 6.92 Å². The summed E-state index contributed by atoms with van der Waals surface area (Å²) in [7, 11) is 0. The molecule has 0 bridgehead atoms. The third-order valence-electron chi connectivity index (χ3n) is 2.91. The van der Waals surface area contributed by atoms with Gasteiger partial charge in [0.2, 0.25) is 0 Å². The number of rotatable bonds is 4. The molecule has 0 saturated carbocycles. The van der Waals surface area contributed by atoms with E-state index in [1.54, 1.807) is 6.20 Å². The average molecular weight is 242 g/mol. The van der Waals surface area contributed by atoms with E-state index < -0.39 is 6.10 Å². The van der Waals surface area contributed by atoms with Crippen molar-refractivity contribution in [2.24, 2.45) is 0 Å². The molecule has 0 amide bonds. The Labute approximate surface area is 108 Å². The van der Waals surface area contributed by atoms with Gasteiger partial charge in [0.15, 0.2) is 0 Å². The number of anilines is 2. The smallest absolute Gasteiger partial charge is 0.133 e. The van der Waals surface area contributed by atoms with Crippen LogP contribution in [-0.2, 0) is 0 Å². The standard InChI is InChI=1S/C15H18N2O/c1-3-14(18)12-9-11(2)15(16-10-12)17-13-7-5-4-6-8-13/h4-10,14,18H,3H2,1-2H3,(H,16,17). The van der Waals surface area contributed by atoms with Crippen LogP contribution in [0.4, 0.5) is 11.5 Å². The molecule has 0 fully saturated rings. The molecule has 18 heavy (non-hydrogen) atoms. The molecule has 0 spiro atoms. The van der Waals surface area contributed by atoms with E-state index in [0.717, 1.165) is 22.6 Å². The molecule has 94 valence electrons. The fourth-order valence-corrected chi connectivity index (χ4v) is 1.80. The first-order valence-corrected chi connectivity index (χ1v) is 6.17. The van der Waals surface area contributed by atoms with Gasteiger partial charge in [-0.25, -0.2) is 4.98 Å². The van der Waals surface area contributed by atoms with E-state index in [1.807, 2.05) is 50.2 Å². The third kappa shape index (κ3) is 2.87. The van der Waals surface area contributed by atoms with Crippen molar-refractivity contribution in [1.82, 2.24) is 4.98 Å². The van der Waals surface area contributed by atoms with Gasteiger partial charge in [0.25, 0.3) is 0 Å². The molecule has 2 aromatic rings. The number of aliphatic hydroxyl groups excluding tert-OH is 1. The number of para-hydroxylation sites is 1. The molecule has 1 aromatic heterocycles. The minimum atomic E-state index is -0.429. The molecule has 0 radical (unpaired) electrons. The Bertz CT molecular complexity index is 511. The number of pyridine rings is 1. The van der Waals surface area contributed by atoms with Crippen LogP contribution >= 0.6 is 0 Å². The first kappa shape index (κ1) is 12.6. The summed E-state index contributed by atoms with van der Waals surface area (Å²) in [4.78, 5) is 4.37. The van der Waals surface area contributed by atoms with E-state index in [0.29, 0.717) is 6.42 Å². The number of nitrogens with zero attached hydrogens (tertiary/aromatic N) is 1. The number of benzene rings is 1. The summed E-state index contributed by atoms with van der Waals surface area (Å²) in [5.74, 6) is 0.827. The van der Waals surface area contributed by atoms with Gasteiger partial charge < -0.3 is 10.4 Å². The zero-order valence-corrected chi connectivity index (χ0v) is 10.7. The zero-order valence-electron chi connectivity index (χ0n) is 10.7. The lowest BCUT2D eigenvalue weighted by molar-refractivity contribution is 0.173. The van der Waals surface area contributed by atoms with Crippen molar-refractivity contribution in [3.8, 4) is 0 Å². The van der Waals surface area contributed by atoms with Crippen LogP contribution in [0.3, 0.4) is 0 Å². The van der Waals surface area contributed by atoms with Crippen LogP contribution < -0.4 is 5.32 Å². The summed E-state index contributed by atoms with van der Waals surface area (Å²) in [5, 5.41) is 13.0. The molecule has 2 N–H and O–H groups in total. The Kier molecular flexibility index (Phi) is 3.95. The maximum atomic E-state index is 9.77. The zero-order chi connectivity index (χ0) is 13.0. The van der Waals surface area contributed by atoms with E-state index in [1.165, 1.54) is 0 Å². The predicted molar refractivity (Wildman–Crippen MR) is 73.9 cm³/mol. The summed E-state index contributed by atoms with van der Waals surface area (Å²) in [5.41, 5.74) is 2.91. The van der Waals surface area contributed by atoms with Gasteiger partial charge in [-0.1, -0.05) is 25.1 Å². The highest BCUT2D eigenvalue weighted by Gasteiger charge is 2.08. The summed E-state index contributed by atoms with van der Waals surface area (Å²) in [6, 6.07) is 11.9. The molecule has 1 unspecified atom stereocenters. The number of nitrogens with one attached hydrogen (secondary N) is 1. The molecule has 0 aliphatic carbocycles. The van der Waals surface area contributed by atoms with Crippen LogP contribution in [0.1, 0.15) is 30.6 Å². The first-order chi connectivity index (χ1) is 8.70. The Morgan fingerprint density at radius 2 is 2.00 bits per heavy atom. The summed E-state index contributed by atoms with van der Waals surface area (Å²) in [6.45, 7) is 3.94. The van der Waals surface area contributed by atoms with E-state index in [-0.39, 0.29) is 0 Å². The molecule has 0 aliphatic rings. The minimum absolute atomic E-state index is 0.429. The van der Waals surface area contributed by atoms with Crippen molar-refractivity contribution in [2.45, 2.75) is 26.4 Å². The number of hydrogen-bond acceptors (Lipinski definition) is 3. The Morgan fingerprint density at radius 1 is 1.28 bits per heavy atom. The van der Waals surface area contributed by atoms with Crippen molar-refractivity contribution < 1.29 is 5.11 Å². The average Bonchev–Trinajstić information content (AvgIpc) is 2.41. The van der Waals surface area contributed by atoms with Crippen molar-refractivity contribution >= 4 is 11.5 Å². The van der Waals surface area contributed by atoms with Crippen molar-refractivity contribution in [2.75, 3.05) is 5.32 Å². The van der Waals surface area contributed by atoms with E-state index >= 15 is 0 Å². The SMILES string of the molecule is CCC(O)c1cnc(Nc2ccccc2)c(C)c1. The monoisotopic (exact) mass is 242 g/mol. The van der Waals surface area contributed by atoms with Gasteiger partial charge in [-0.2, -0.15) is 0 Å². The van der Waals surface area contributed by atoms with E-state index in [9.17, 15) is 5.11 Å². The summed E-state index contributed by atoms with van der Waals surface area (Å²) in [6.07, 6.45) is 2.00. The maximum absolute atomic E-state index is 9.77. The maximum Gasteiger partial charge on any atom is 0.133 e. The van der Waals surface area contributed by atoms with Crippen molar-refractivity contribution in [3.05, 3.63) is 53.7 Å². The molecule has 0 aliphatic heterocycles. The fraction of sp³-hybridized carbons (Fsp3) is 0.267. The van der Waals surface area contributed by atoms with Gasteiger partial charge >= 0.3 is 0 Å². The molecule has 2 rings (SSSR count). The summed E-state index contributed by atoms with van der Waals surface area (Å²) >= 11 is 0. The third-order valence-corrected chi connectivity index (χ3v) is 2.91. The largest absolute Gasteiger partial charge is 0.388 e. The van der Waals surface area contributed by atoms with Crippen molar-refractivity contribution in [1.29, 1.82) is 0 Å². The fourth-order valence-electron chi connectivity index (χ4n) is 1.80. The second-order valence-electron chi connectivity index (χ2n) is 4.35. The predicted octanol–water partition coefficient (Wildman–Crippen LogP) is 3.58. The van der Waals surface area contributed by atoms with Gasteiger partial charge in [-0.3, -0.25) is 0 Å². The van der Waals surface area contributed by atoms with Crippen LogP contribution in [0.15, 0.2) is 42.6 Å². The normalized spacial score (nSPS) is 12.2. The van der Waals surface area contributed by atoms with Crippen LogP contribution in [0.5, 0.6) is 0 Å². The molecular weight excluding hydrogens is 224 g/mol. The van der Waals surface area contributed by atoms with Crippen LogP contribution in [0.2, 0.25) is 0 Å². The Balaban J connectivity index is 2.20. The van der Waals surface area contributed by atoms with Crippen LogP contribution in [0.25, 0.3) is 0 Å². The van der Waals surface area contributed by atoms with Gasteiger partial charge in [-0.05, 0) is 42.7 Å². The molecule has 1 heterocycles. The quantitative estimate of drug-likeness (QED) is 0.861. The number of aliphatic hydroxyl groups is 1. The number of aromatic nitrogens is 1. The molecule has 3 heteroatoms. The molecule has 0 saturated heterocycles.